The van der Waals surface area contributed by atoms with Gasteiger partial charge in [0, 0.05) is 24.8 Å². The largest absolute Gasteiger partial charge is 0.478 e. The summed E-state index contributed by atoms with van der Waals surface area (Å²) >= 11 is 5.84. The fourth-order valence-electron chi connectivity index (χ4n) is 1.99. The number of hydrogen-bond donors (Lipinski definition) is 3. The summed E-state index contributed by atoms with van der Waals surface area (Å²) in [6.45, 7) is 1.36. The molecule has 1 fully saturated rings. The maximum absolute atomic E-state index is 11.7. The summed E-state index contributed by atoms with van der Waals surface area (Å²) in [7, 11) is 2.04. The lowest BCUT2D eigenvalue weighted by Crippen LogP contribution is -2.36. The van der Waals surface area contributed by atoms with Crippen molar-refractivity contribution in [1.29, 1.82) is 0 Å². The Balaban J connectivity index is 1.79. The number of hydrogen-bond acceptors (Lipinski definition) is 3. The molecule has 0 heterocycles. The number of halogens is 1. The number of rotatable bonds is 6. The van der Waals surface area contributed by atoms with Crippen LogP contribution in [0.5, 0.6) is 0 Å². The van der Waals surface area contributed by atoms with Crippen LogP contribution in [0.1, 0.15) is 23.2 Å². The van der Waals surface area contributed by atoms with Gasteiger partial charge in [0.05, 0.1) is 10.6 Å². The number of carboxylic acid groups (broad SMARTS) is 1. The summed E-state index contributed by atoms with van der Waals surface area (Å²) in [6.07, 6.45) is 2.47. The molecule has 0 aromatic heterocycles. The zero-order chi connectivity index (χ0) is 15.4. The van der Waals surface area contributed by atoms with E-state index in [4.69, 9.17) is 16.7 Å². The summed E-state index contributed by atoms with van der Waals surface area (Å²) in [5.41, 5.74) is 0.465. The lowest BCUT2D eigenvalue weighted by atomic mass is 10.2. The average Bonchev–Trinajstić information content (AvgIpc) is 3.22. The first kappa shape index (κ1) is 15.6. The number of nitrogens with one attached hydrogen (secondary N) is 2. The third kappa shape index (κ3) is 4.61. The van der Waals surface area contributed by atoms with E-state index in [1.165, 1.54) is 31.0 Å². The van der Waals surface area contributed by atoms with E-state index in [9.17, 15) is 9.59 Å². The van der Waals surface area contributed by atoms with Crippen molar-refractivity contribution in [2.45, 2.75) is 18.9 Å². The molecule has 2 rings (SSSR count). The molecule has 2 amide bonds. The van der Waals surface area contributed by atoms with Crippen molar-refractivity contribution in [2.24, 2.45) is 0 Å². The van der Waals surface area contributed by atoms with Gasteiger partial charge in [0.15, 0.2) is 0 Å². The van der Waals surface area contributed by atoms with Crippen LogP contribution in [0.25, 0.3) is 0 Å². The van der Waals surface area contributed by atoms with Gasteiger partial charge in [0.1, 0.15) is 0 Å². The Morgan fingerprint density at radius 1 is 1.43 bits per heavy atom. The minimum absolute atomic E-state index is 0.00804. The number of carboxylic acids is 1. The first-order valence-electron chi connectivity index (χ1n) is 6.75. The Morgan fingerprint density at radius 3 is 2.71 bits per heavy atom. The molecular formula is C14H18ClN3O3. The van der Waals surface area contributed by atoms with Gasteiger partial charge >= 0.3 is 12.0 Å². The van der Waals surface area contributed by atoms with Crippen molar-refractivity contribution in [3.05, 3.63) is 28.8 Å². The van der Waals surface area contributed by atoms with Gasteiger partial charge in [0.2, 0.25) is 0 Å². The van der Waals surface area contributed by atoms with E-state index in [-0.39, 0.29) is 16.6 Å². The second-order valence-electron chi connectivity index (χ2n) is 5.09. The van der Waals surface area contributed by atoms with Crippen LogP contribution in [0.4, 0.5) is 10.5 Å². The van der Waals surface area contributed by atoms with Gasteiger partial charge in [-0.15, -0.1) is 0 Å². The van der Waals surface area contributed by atoms with E-state index in [1.807, 2.05) is 7.05 Å². The van der Waals surface area contributed by atoms with Crippen LogP contribution in [-0.2, 0) is 0 Å². The normalized spacial score (nSPS) is 14.0. The number of benzene rings is 1. The Bertz CT molecular complexity index is 546. The Kier molecular flexibility index (Phi) is 5.03. The van der Waals surface area contributed by atoms with E-state index in [0.717, 1.165) is 6.54 Å². The van der Waals surface area contributed by atoms with Crippen molar-refractivity contribution in [3.8, 4) is 0 Å². The van der Waals surface area contributed by atoms with Crippen molar-refractivity contribution < 1.29 is 14.7 Å². The average molecular weight is 312 g/mol. The van der Waals surface area contributed by atoms with Crippen LogP contribution >= 0.6 is 11.6 Å². The van der Waals surface area contributed by atoms with E-state index < -0.39 is 5.97 Å². The van der Waals surface area contributed by atoms with E-state index in [2.05, 4.69) is 15.5 Å². The third-order valence-electron chi connectivity index (χ3n) is 3.38. The minimum Gasteiger partial charge on any atom is -0.478 e. The second-order valence-corrected chi connectivity index (χ2v) is 5.50. The lowest BCUT2D eigenvalue weighted by Gasteiger charge is -2.16. The maximum atomic E-state index is 11.7. The molecule has 0 unspecified atom stereocenters. The van der Waals surface area contributed by atoms with E-state index in [0.29, 0.717) is 18.3 Å². The van der Waals surface area contributed by atoms with Crippen LogP contribution in [0.2, 0.25) is 5.02 Å². The topological polar surface area (TPSA) is 81.7 Å². The molecule has 0 aliphatic heterocycles. The van der Waals surface area contributed by atoms with Crippen LogP contribution in [-0.4, -0.2) is 48.2 Å². The maximum Gasteiger partial charge on any atom is 0.337 e. The standard InChI is InChI=1S/C14H18ClN3O3/c1-18(10-3-4-10)7-6-16-14(21)17-9-2-5-11(13(19)20)12(15)8-9/h2,5,8,10H,3-4,6-7H2,1H3,(H,19,20)(H2,16,17,21). The molecule has 1 saturated carbocycles. The van der Waals surface area contributed by atoms with Gasteiger partial charge in [-0.1, -0.05) is 11.6 Å². The molecule has 1 aliphatic rings. The van der Waals surface area contributed by atoms with Crippen molar-refractivity contribution in [3.63, 3.8) is 0 Å². The first-order chi connectivity index (χ1) is 9.97. The van der Waals surface area contributed by atoms with Gasteiger partial charge < -0.3 is 20.6 Å². The third-order valence-corrected chi connectivity index (χ3v) is 3.69. The molecule has 0 radical (unpaired) electrons. The zero-order valence-corrected chi connectivity index (χ0v) is 12.5. The number of nitrogens with zero attached hydrogens (tertiary/aromatic N) is 1. The van der Waals surface area contributed by atoms with Gasteiger partial charge in [-0.2, -0.15) is 0 Å². The molecule has 0 bridgehead atoms. The van der Waals surface area contributed by atoms with Gasteiger partial charge in [-0.3, -0.25) is 0 Å². The fourth-order valence-corrected chi connectivity index (χ4v) is 2.25. The SMILES string of the molecule is CN(CCNC(=O)Nc1ccc(C(=O)O)c(Cl)c1)C1CC1. The van der Waals surface area contributed by atoms with Gasteiger partial charge in [0.25, 0.3) is 0 Å². The predicted molar refractivity (Wildman–Crippen MR) is 81.1 cm³/mol. The quantitative estimate of drug-likeness (QED) is 0.752. The predicted octanol–water partition coefficient (Wildman–Crippen LogP) is 2.25. The van der Waals surface area contributed by atoms with Gasteiger partial charge in [-0.25, -0.2) is 9.59 Å². The van der Waals surface area contributed by atoms with E-state index in [1.54, 1.807) is 0 Å². The van der Waals surface area contributed by atoms with E-state index >= 15 is 0 Å². The second kappa shape index (κ2) is 6.78. The lowest BCUT2D eigenvalue weighted by molar-refractivity contribution is 0.0697. The molecule has 1 aliphatic carbocycles. The van der Waals surface area contributed by atoms with Crippen molar-refractivity contribution in [2.75, 3.05) is 25.5 Å². The highest BCUT2D eigenvalue weighted by atomic mass is 35.5. The highest BCUT2D eigenvalue weighted by Gasteiger charge is 2.25. The van der Waals surface area contributed by atoms with Crippen molar-refractivity contribution in [1.82, 2.24) is 10.2 Å². The summed E-state index contributed by atoms with van der Waals surface area (Å²) in [5, 5.41) is 14.3. The molecule has 0 spiro atoms. The fraction of sp³-hybridized carbons (Fsp3) is 0.429. The molecule has 114 valence electrons. The van der Waals surface area contributed by atoms with Crippen LogP contribution in [0.3, 0.4) is 0 Å². The molecule has 0 saturated heterocycles. The molecule has 0 atom stereocenters. The summed E-state index contributed by atoms with van der Waals surface area (Å²) in [6, 6.07) is 4.61. The molecule has 7 heteroatoms. The highest BCUT2D eigenvalue weighted by molar-refractivity contribution is 6.33. The van der Waals surface area contributed by atoms with Crippen LogP contribution < -0.4 is 10.6 Å². The number of likely N-dealkylation sites (N-methyl/N-ethyl adjacent to an activating group) is 1. The molecule has 3 N–H and O–H groups in total. The van der Waals surface area contributed by atoms with Crippen LogP contribution in [0, 0.1) is 0 Å². The Morgan fingerprint density at radius 2 is 2.14 bits per heavy atom. The number of carbonyl (C=O) groups is 2. The molecule has 1 aromatic carbocycles. The molecule has 1 aromatic rings. The van der Waals surface area contributed by atoms with Crippen molar-refractivity contribution >= 4 is 29.3 Å². The van der Waals surface area contributed by atoms with Crippen LogP contribution in [0.15, 0.2) is 18.2 Å². The zero-order valence-electron chi connectivity index (χ0n) is 11.7. The molecule has 6 nitrogen and oxygen atoms in total. The first-order valence-corrected chi connectivity index (χ1v) is 7.13. The number of carbonyl (C=O) groups excluding carboxylic acids is 1. The highest BCUT2D eigenvalue weighted by Crippen LogP contribution is 2.24. The number of urea groups is 1. The number of amides is 2. The minimum atomic E-state index is -1.10. The summed E-state index contributed by atoms with van der Waals surface area (Å²) < 4.78 is 0. The monoisotopic (exact) mass is 311 g/mol. The summed E-state index contributed by atoms with van der Waals surface area (Å²) in [5.74, 6) is -1.10. The Labute approximate surface area is 128 Å². The molecular weight excluding hydrogens is 294 g/mol. The van der Waals surface area contributed by atoms with Gasteiger partial charge in [-0.05, 0) is 38.1 Å². The number of anilines is 1. The molecule has 21 heavy (non-hydrogen) atoms. The Hall–Kier alpha value is -1.79. The smallest absolute Gasteiger partial charge is 0.337 e. The summed E-state index contributed by atoms with van der Waals surface area (Å²) in [4.78, 5) is 24.8. The number of aromatic carboxylic acids is 1.